The molecule has 0 bridgehead atoms. The van der Waals surface area contributed by atoms with E-state index in [0.717, 1.165) is 13.1 Å². The lowest BCUT2D eigenvalue weighted by Crippen LogP contribution is -2.33. The maximum absolute atomic E-state index is 12.3. The minimum Gasteiger partial charge on any atom is -0.309 e. The fraction of sp³-hybridized carbons (Fsp3) is 0.364. The third-order valence-electron chi connectivity index (χ3n) is 3.15. The Bertz CT molecular complexity index is 550. The van der Waals surface area contributed by atoms with Crippen molar-refractivity contribution in [1.29, 1.82) is 0 Å². The summed E-state index contributed by atoms with van der Waals surface area (Å²) in [6.07, 6.45) is 1.51. The van der Waals surface area contributed by atoms with Crippen LogP contribution in [0, 0.1) is 0 Å². The molecule has 0 fully saturated rings. The van der Waals surface area contributed by atoms with E-state index in [4.69, 9.17) is 0 Å². The van der Waals surface area contributed by atoms with Crippen molar-refractivity contribution in [2.45, 2.75) is 5.03 Å². The zero-order valence-corrected chi connectivity index (χ0v) is 10.1. The van der Waals surface area contributed by atoms with Gasteiger partial charge >= 0.3 is 0 Å². The summed E-state index contributed by atoms with van der Waals surface area (Å²) in [5, 5.41) is 3.36. The van der Waals surface area contributed by atoms with Crippen molar-refractivity contribution in [3.8, 4) is 0 Å². The molecule has 0 radical (unpaired) electrons. The highest BCUT2D eigenvalue weighted by molar-refractivity contribution is 7.89. The summed E-state index contributed by atoms with van der Waals surface area (Å²) in [5.74, 6) is 0. The van der Waals surface area contributed by atoms with Gasteiger partial charge in [0.25, 0.3) is 10.0 Å². The van der Waals surface area contributed by atoms with Gasteiger partial charge in [-0.25, -0.2) is 13.4 Å². The average molecular weight is 251 g/mol. The van der Waals surface area contributed by atoms with E-state index in [1.807, 2.05) is 0 Å². The highest BCUT2D eigenvalue weighted by atomic mass is 32.2. The Hall–Kier alpha value is -1.24. The van der Waals surface area contributed by atoms with Crippen molar-refractivity contribution < 1.29 is 8.42 Å². The average Bonchev–Trinajstić information content (AvgIpc) is 2.90. The third-order valence-corrected chi connectivity index (χ3v) is 4.86. The Kier molecular flexibility index (Phi) is 2.50. The second-order valence-electron chi connectivity index (χ2n) is 4.25. The van der Waals surface area contributed by atoms with Gasteiger partial charge in [-0.15, -0.1) is 0 Å². The van der Waals surface area contributed by atoms with Gasteiger partial charge < -0.3 is 5.32 Å². The SMILES string of the molecule is O=S(=O)(c1ccccn1)N1CC2=C(CNC2)C1. The largest absolute Gasteiger partial charge is 0.309 e. The van der Waals surface area contributed by atoms with E-state index >= 15 is 0 Å². The van der Waals surface area contributed by atoms with E-state index < -0.39 is 10.0 Å². The molecule has 1 aromatic rings. The van der Waals surface area contributed by atoms with Gasteiger partial charge in [-0.2, -0.15) is 4.31 Å². The van der Waals surface area contributed by atoms with Gasteiger partial charge in [-0.05, 0) is 23.3 Å². The molecule has 90 valence electrons. The Balaban J connectivity index is 1.87. The number of hydrogen-bond donors (Lipinski definition) is 1. The maximum Gasteiger partial charge on any atom is 0.261 e. The summed E-state index contributed by atoms with van der Waals surface area (Å²) in [6, 6.07) is 4.95. The third kappa shape index (κ3) is 1.78. The van der Waals surface area contributed by atoms with E-state index in [2.05, 4.69) is 10.3 Å². The van der Waals surface area contributed by atoms with Crippen LogP contribution in [-0.4, -0.2) is 43.9 Å². The standard InChI is InChI=1S/C11H13N3O2S/c15-17(16,11-3-1-2-4-13-11)14-7-9-5-12-6-10(9)8-14/h1-4,12H,5-8H2. The lowest BCUT2D eigenvalue weighted by Gasteiger charge is -2.17. The van der Waals surface area contributed by atoms with Gasteiger partial charge in [0.05, 0.1) is 0 Å². The van der Waals surface area contributed by atoms with Gasteiger partial charge in [0, 0.05) is 32.4 Å². The first-order valence-corrected chi connectivity index (χ1v) is 6.93. The van der Waals surface area contributed by atoms with Gasteiger partial charge in [0.2, 0.25) is 0 Å². The Morgan fingerprint density at radius 3 is 2.47 bits per heavy atom. The molecule has 17 heavy (non-hydrogen) atoms. The molecule has 2 aliphatic rings. The van der Waals surface area contributed by atoms with Crippen LogP contribution in [0.4, 0.5) is 0 Å². The first-order valence-electron chi connectivity index (χ1n) is 5.49. The highest BCUT2D eigenvalue weighted by Gasteiger charge is 2.34. The van der Waals surface area contributed by atoms with E-state index in [1.165, 1.54) is 27.7 Å². The number of rotatable bonds is 2. The van der Waals surface area contributed by atoms with Crippen molar-refractivity contribution in [1.82, 2.24) is 14.6 Å². The molecular formula is C11H13N3O2S. The summed E-state index contributed by atoms with van der Waals surface area (Å²) in [7, 11) is -3.43. The molecule has 1 N–H and O–H groups in total. The first-order chi connectivity index (χ1) is 8.18. The fourth-order valence-corrected chi connectivity index (χ4v) is 3.59. The molecule has 0 aliphatic carbocycles. The van der Waals surface area contributed by atoms with Crippen molar-refractivity contribution in [2.75, 3.05) is 26.2 Å². The molecule has 0 amide bonds. The molecule has 0 spiro atoms. The summed E-state index contributed by atoms with van der Waals surface area (Å²) in [5.41, 5.74) is 2.43. The lowest BCUT2D eigenvalue weighted by atomic mass is 10.2. The highest BCUT2D eigenvalue weighted by Crippen LogP contribution is 2.25. The summed E-state index contributed by atoms with van der Waals surface area (Å²) in [6.45, 7) is 2.62. The molecule has 2 aliphatic heterocycles. The second-order valence-corrected chi connectivity index (χ2v) is 6.14. The molecule has 3 heterocycles. The number of pyridine rings is 1. The molecule has 0 aromatic carbocycles. The summed E-state index contributed by atoms with van der Waals surface area (Å²) in [4.78, 5) is 3.93. The van der Waals surface area contributed by atoms with Gasteiger partial charge in [0.1, 0.15) is 0 Å². The van der Waals surface area contributed by atoms with E-state index in [1.54, 1.807) is 12.1 Å². The van der Waals surface area contributed by atoms with Crippen LogP contribution in [-0.2, 0) is 10.0 Å². The Labute approximate surface area is 100 Å². The van der Waals surface area contributed by atoms with Gasteiger partial charge in [-0.3, -0.25) is 0 Å². The van der Waals surface area contributed by atoms with Crippen molar-refractivity contribution in [2.24, 2.45) is 0 Å². The zero-order valence-electron chi connectivity index (χ0n) is 9.26. The zero-order chi connectivity index (χ0) is 11.9. The maximum atomic E-state index is 12.3. The smallest absolute Gasteiger partial charge is 0.261 e. The van der Waals surface area contributed by atoms with Crippen LogP contribution >= 0.6 is 0 Å². The van der Waals surface area contributed by atoms with Crippen LogP contribution < -0.4 is 5.32 Å². The Morgan fingerprint density at radius 2 is 1.88 bits per heavy atom. The topological polar surface area (TPSA) is 62.3 Å². The van der Waals surface area contributed by atoms with Gasteiger partial charge in [-0.1, -0.05) is 6.07 Å². The van der Waals surface area contributed by atoms with Gasteiger partial charge in [0.15, 0.2) is 5.03 Å². The predicted molar refractivity (Wildman–Crippen MR) is 62.9 cm³/mol. The van der Waals surface area contributed by atoms with Crippen LogP contribution in [0.25, 0.3) is 0 Å². The van der Waals surface area contributed by atoms with Crippen molar-refractivity contribution in [3.05, 3.63) is 35.5 Å². The number of aromatic nitrogens is 1. The number of nitrogens with zero attached hydrogens (tertiary/aromatic N) is 2. The minimum absolute atomic E-state index is 0.133. The molecule has 0 saturated heterocycles. The van der Waals surface area contributed by atoms with Crippen LogP contribution in [0.1, 0.15) is 0 Å². The lowest BCUT2D eigenvalue weighted by molar-refractivity contribution is 0.470. The van der Waals surface area contributed by atoms with Crippen molar-refractivity contribution in [3.63, 3.8) is 0 Å². The van der Waals surface area contributed by atoms with Crippen LogP contribution in [0.3, 0.4) is 0 Å². The van der Waals surface area contributed by atoms with Crippen molar-refractivity contribution >= 4 is 10.0 Å². The summed E-state index contributed by atoms with van der Waals surface area (Å²) >= 11 is 0. The molecule has 5 nitrogen and oxygen atoms in total. The molecular weight excluding hydrogens is 238 g/mol. The number of hydrogen-bond acceptors (Lipinski definition) is 4. The molecule has 0 atom stereocenters. The first kappa shape index (κ1) is 10.9. The predicted octanol–water partition coefficient (Wildman–Crippen LogP) is -0.0143. The monoisotopic (exact) mass is 251 g/mol. The molecule has 3 rings (SSSR count). The number of nitrogens with one attached hydrogen (secondary N) is 1. The fourth-order valence-electron chi connectivity index (χ4n) is 2.23. The second kappa shape index (κ2) is 3.90. The normalized spacial score (nSPS) is 20.9. The number of sulfonamides is 1. The Morgan fingerprint density at radius 1 is 1.18 bits per heavy atom. The quantitative estimate of drug-likeness (QED) is 0.751. The van der Waals surface area contributed by atoms with E-state index in [-0.39, 0.29) is 5.03 Å². The molecule has 1 aromatic heterocycles. The van der Waals surface area contributed by atoms with Crippen LogP contribution in [0.15, 0.2) is 40.6 Å². The summed E-state index contributed by atoms with van der Waals surface area (Å²) < 4.78 is 26.1. The molecule has 6 heteroatoms. The van der Waals surface area contributed by atoms with Crippen LogP contribution in [0.2, 0.25) is 0 Å². The van der Waals surface area contributed by atoms with E-state index in [9.17, 15) is 8.42 Å². The van der Waals surface area contributed by atoms with Crippen LogP contribution in [0.5, 0.6) is 0 Å². The molecule has 0 saturated carbocycles. The minimum atomic E-state index is -3.43. The van der Waals surface area contributed by atoms with E-state index in [0.29, 0.717) is 13.1 Å². The molecule has 0 unspecified atom stereocenters.